The Morgan fingerprint density at radius 2 is 1.96 bits per heavy atom. The second-order valence-electron chi connectivity index (χ2n) is 6.38. The monoisotopic (exact) mass is 344 g/mol. The molecule has 1 aliphatic rings. The van der Waals surface area contributed by atoms with Crippen LogP contribution in [0.15, 0.2) is 47.4 Å². The van der Waals surface area contributed by atoms with Crippen LogP contribution in [0.4, 0.5) is 0 Å². The number of aryl methyl sites for hydroxylation is 1. The molecule has 2 aromatic rings. The van der Waals surface area contributed by atoms with Gasteiger partial charge in [-0.15, -0.1) is 0 Å². The summed E-state index contributed by atoms with van der Waals surface area (Å²) in [6, 6.07) is 11.4. The second-order valence-corrected chi connectivity index (χ2v) is 6.82. The summed E-state index contributed by atoms with van der Waals surface area (Å²) in [5.41, 5.74) is 1.59. The van der Waals surface area contributed by atoms with E-state index in [1.165, 1.54) is 4.57 Å². The van der Waals surface area contributed by atoms with Crippen LogP contribution in [0.1, 0.15) is 36.9 Å². The lowest BCUT2D eigenvalue weighted by molar-refractivity contribution is -0.134. The number of pyridine rings is 1. The zero-order valence-electron chi connectivity index (χ0n) is 13.9. The molecule has 0 spiro atoms. The molecule has 0 saturated heterocycles. The molecule has 1 heterocycles. The molecule has 0 N–H and O–H groups in total. The lowest BCUT2D eigenvalue weighted by Crippen LogP contribution is -2.39. The van der Waals surface area contributed by atoms with Crippen molar-refractivity contribution in [1.82, 2.24) is 9.47 Å². The van der Waals surface area contributed by atoms with E-state index in [0.717, 1.165) is 18.4 Å². The van der Waals surface area contributed by atoms with Gasteiger partial charge >= 0.3 is 0 Å². The highest BCUT2D eigenvalue weighted by molar-refractivity contribution is 6.30. The van der Waals surface area contributed by atoms with Gasteiger partial charge in [0.15, 0.2) is 0 Å². The maximum Gasteiger partial charge on any atom is 0.253 e. The summed E-state index contributed by atoms with van der Waals surface area (Å²) in [4.78, 5) is 27.0. The molecule has 1 unspecified atom stereocenters. The van der Waals surface area contributed by atoms with Crippen molar-refractivity contribution in [2.45, 2.75) is 45.3 Å². The van der Waals surface area contributed by atoms with Gasteiger partial charge in [0.2, 0.25) is 5.91 Å². The number of carbonyl (C=O) groups is 1. The van der Waals surface area contributed by atoms with E-state index in [2.05, 4.69) is 0 Å². The first-order valence-corrected chi connectivity index (χ1v) is 8.58. The maximum absolute atomic E-state index is 12.9. The third-order valence-electron chi connectivity index (χ3n) is 4.51. The van der Waals surface area contributed by atoms with Gasteiger partial charge in [-0.25, -0.2) is 0 Å². The van der Waals surface area contributed by atoms with Crippen molar-refractivity contribution in [2.75, 3.05) is 0 Å². The van der Waals surface area contributed by atoms with Gasteiger partial charge in [-0.2, -0.15) is 0 Å². The Balaban J connectivity index is 1.82. The van der Waals surface area contributed by atoms with Gasteiger partial charge in [-0.05, 0) is 50.5 Å². The first-order valence-electron chi connectivity index (χ1n) is 8.20. The van der Waals surface area contributed by atoms with E-state index in [4.69, 9.17) is 11.6 Å². The predicted molar refractivity (Wildman–Crippen MR) is 95.2 cm³/mol. The number of halogens is 1. The molecule has 1 saturated carbocycles. The number of hydrogen-bond donors (Lipinski definition) is 0. The first-order chi connectivity index (χ1) is 11.5. The molecule has 4 nitrogen and oxygen atoms in total. The molecule has 5 heteroatoms. The molecule has 0 aliphatic heterocycles. The Bertz CT molecular complexity index is 794. The fourth-order valence-corrected chi connectivity index (χ4v) is 3.13. The number of carbonyl (C=O) groups excluding carboxylic acids is 1. The van der Waals surface area contributed by atoms with Crippen LogP contribution in [0.3, 0.4) is 0 Å². The molecular formula is C19H21ClN2O2. The van der Waals surface area contributed by atoms with Crippen molar-refractivity contribution >= 4 is 17.5 Å². The lowest BCUT2D eigenvalue weighted by Gasteiger charge is -2.30. The van der Waals surface area contributed by atoms with Crippen molar-refractivity contribution in [3.8, 4) is 0 Å². The third-order valence-corrected chi connectivity index (χ3v) is 4.77. The topological polar surface area (TPSA) is 42.3 Å². The Labute approximate surface area is 146 Å². The zero-order valence-corrected chi connectivity index (χ0v) is 14.7. The van der Waals surface area contributed by atoms with Crippen LogP contribution in [-0.2, 0) is 11.3 Å². The molecule has 24 heavy (non-hydrogen) atoms. The quantitative estimate of drug-likeness (QED) is 0.832. The second kappa shape index (κ2) is 6.81. The largest absolute Gasteiger partial charge is 0.331 e. The van der Waals surface area contributed by atoms with Crippen LogP contribution in [0.25, 0.3) is 0 Å². The van der Waals surface area contributed by atoms with E-state index in [9.17, 15) is 9.59 Å². The highest BCUT2D eigenvalue weighted by Gasteiger charge is 2.36. The van der Waals surface area contributed by atoms with Crippen LogP contribution in [0.5, 0.6) is 0 Å². The van der Waals surface area contributed by atoms with Gasteiger partial charge in [-0.1, -0.05) is 29.8 Å². The van der Waals surface area contributed by atoms with E-state index < -0.39 is 0 Å². The average molecular weight is 345 g/mol. The van der Waals surface area contributed by atoms with Crippen molar-refractivity contribution < 1.29 is 4.79 Å². The summed E-state index contributed by atoms with van der Waals surface area (Å²) >= 11 is 5.95. The number of aromatic nitrogens is 1. The minimum absolute atomic E-state index is 0.0207. The van der Waals surface area contributed by atoms with E-state index >= 15 is 0 Å². The SMILES string of the molecule is Cc1cccn(CC(=O)N(C2CC2)C(C)c2ccc(Cl)cc2)c1=O. The standard InChI is InChI=1S/C19H21ClN2O2/c1-13-4-3-11-21(19(13)24)12-18(23)22(17-9-10-17)14(2)15-5-7-16(20)8-6-15/h3-8,11,14,17H,9-10,12H2,1-2H3. The van der Waals surface area contributed by atoms with Crippen molar-refractivity contribution in [3.63, 3.8) is 0 Å². The van der Waals surface area contributed by atoms with Gasteiger partial charge in [0.05, 0.1) is 6.04 Å². The van der Waals surface area contributed by atoms with E-state index in [-0.39, 0.29) is 30.1 Å². The summed E-state index contributed by atoms with van der Waals surface area (Å²) in [7, 11) is 0. The van der Waals surface area contributed by atoms with Crippen LogP contribution < -0.4 is 5.56 Å². The van der Waals surface area contributed by atoms with Gasteiger partial charge in [0.1, 0.15) is 6.54 Å². The molecular weight excluding hydrogens is 324 g/mol. The van der Waals surface area contributed by atoms with Crippen LogP contribution >= 0.6 is 11.6 Å². The van der Waals surface area contributed by atoms with E-state index in [0.29, 0.717) is 10.6 Å². The molecule has 0 radical (unpaired) electrons. The highest BCUT2D eigenvalue weighted by atomic mass is 35.5. The first kappa shape index (κ1) is 16.8. The molecule has 3 rings (SSSR count). The Morgan fingerprint density at radius 1 is 1.29 bits per heavy atom. The average Bonchev–Trinajstić information content (AvgIpc) is 3.37. The minimum atomic E-state index is -0.110. The molecule has 1 amide bonds. The molecule has 126 valence electrons. The summed E-state index contributed by atoms with van der Waals surface area (Å²) in [5.74, 6) is -0.0207. The van der Waals surface area contributed by atoms with Crippen LogP contribution in [-0.4, -0.2) is 21.4 Å². The minimum Gasteiger partial charge on any atom is -0.331 e. The van der Waals surface area contributed by atoms with Gasteiger partial charge in [0, 0.05) is 22.8 Å². The smallest absolute Gasteiger partial charge is 0.253 e. The lowest BCUT2D eigenvalue weighted by atomic mass is 10.1. The molecule has 1 aliphatic carbocycles. The maximum atomic E-state index is 12.9. The number of amides is 1. The van der Waals surface area contributed by atoms with Gasteiger partial charge < -0.3 is 9.47 Å². The van der Waals surface area contributed by atoms with Crippen molar-refractivity contribution in [1.29, 1.82) is 0 Å². The molecule has 1 fully saturated rings. The van der Waals surface area contributed by atoms with E-state index in [1.54, 1.807) is 25.3 Å². The normalized spacial score (nSPS) is 15.1. The zero-order chi connectivity index (χ0) is 17.3. The van der Waals surface area contributed by atoms with Gasteiger partial charge in [-0.3, -0.25) is 9.59 Å². The highest BCUT2D eigenvalue weighted by Crippen LogP contribution is 2.34. The fourth-order valence-electron chi connectivity index (χ4n) is 3.00. The summed E-state index contributed by atoms with van der Waals surface area (Å²) in [6.45, 7) is 3.87. The summed E-state index contributed by atoms with van der Waals surface area (Å²) in [5, 5.41) is 0.682. The summed E-state index contributed by atoms with van der Waals surface area (Å²) in [6.07, 6.45) is 3.71. The number of benzene rings is 1. The molecule has 1 aromatic heterocycles. The third kappa shape index (κ3) is 3.54. The van der Waals surface area contributed by atoms with Gasteiger partial charge in [0.25, 0.3) is 5.56 Å². The van der Waals surface area contributed by atoms with Crippen LogP contribution in [0, 0.1) is 6.92 Å². The molecule has 1 atom stereocenters. The van der Waals surface area contributed by atoms with Crippen molar-refractivity contribution in [2.24, 2.45) is 0 Å². The Morgan fingerprint density at radius 3 is 2.58 bits per heavy atom. The van der Waals surface area contributed by atoms with E-state index in [1.807, 2.05) is 36.1 Å². The summed E-state index contributed by atoms with van der Waals surface area (Å²) < 4.78 is 1.49. The fraction of sp³-hybridized carbons (Fsp3) is 0.368. The molecule has 1 aromatic carbocycles. The van der Waals surface area contributed by atoms with Crippen molar-refractivity contribution in [3.05, 3.63) is 69.1 Å². The number of rotatable bonds is 5. The predicted octanol–water partition coefficient (Wildman–Crippen LogP) is 3.56. The Hall–Kier alpha value is -2.07. The number of nitrogens with zero attached hydrogens (tertiary/aromatic N) is 2. The molecule has 0 bridgehead atoms. The van der Waals surface area contributed by atoms with Crippen LogP contribution in [0.2, 0.25) is 5.02 Å². The Kier molecular flexibility index (Phi) is 4.76. The number of hydrogen-bond acceptors (Lipinski definition) is 2.